The zero-order valence-electron chi connectivity index (χ0n) is 13.0. The lowest BCUT2D eigenvalue weighted by Crippen LogP contribution is -2.48. The van der Waals surface area contributed by atoms with E-state index in [1.54, 1.807) is 0 Å². The van der Waals surface area contributed by atoms with Crippen LogP contribution in [-0.4, -0.2) is 49.2 Å². The monoisotopic (exact) mass is 284 g/mol. The molecule has 2 heterocycles. The fourth-order valence-electron chi connectivity index (χ4n) is 3.14. The molecule has 0 saturated carbocycles. The Hall–Kier alpha value is -1.65. The van der Waals surface area contributed by atoms with Gasteiger partial charge < -0.3 is 10.6 Å². The highest BCUT2D eigenvalue weighted by Gasteiger charge is 2.17. The average Bonchev–Trinajstić information content (AvgIpc) is 2.47. The molecule has 0 amide bonds. The predicted molar refractivity (Wildman–Crippen MR) is 88.9 cm³/mol. The molecule has 0 spiro atoms. The summed E-state index contributed by atoms with van der Waals surface area (Å²) < 4.78 is 0. The minimum Gasteiger partial charge on any atom is -0.354 e. The van der Waals surface area contributed by atoms with Gasteiger partial charge in [0.25, 0.3) is 0 Å². The summed E-state index contributed by atoms with van der Waals surface area (Å²) in [5.41, 5.74) is 9.31. The molecule has 0 atom stereocenters. The molecule has 21 heavy (non-hydrogen) atoms. The second kappa shape index (κ2) is 6.00. The molecule has 0 bridgehead atoms. The molecule has 2 aromatic rings. The number of nitrogens with two attached hydrogens (primary N) is 1. The molecule has 1 aromatic carbocycles. The molecule has 112 valence electrons. The molecule has 1 aliphatic rings. The number of hydrogen-bond acceptors (Lipinski definition) is 4. The second-order valence-electron chi connectivity index (χ2n) is 5.94. The van der Waals surface area contributed by atoms with Gasteiger partial charge in [-0.25, -0.2) is 4.98 Å². The van der Waals surface area contributed by atoms with E-state index in [9.17, 15) is 0 Å². The van der Waals surface area contributed by atoms with Gasteiger partial charge in [-0.15, -0.1) is 0 Å². The summed E-state index contributed by atoms with van der Waals surface area (Å²) in [5, 5.41) is 1.26. The third-order valence-electron chi connectivity index (χ3n) is 4.29. The third-order valence-corrected chi connectivity index (χ3v) is 4.29. The van der Waals surface area contributed by atoms with Gasteiger partial charge in [-0.05, 0) is 43.2 Å². The van der Waals surface area contributed by atoms with Crippen molar-refractivity contribution in [3.8, 4) is 0 Å². The molecule has 2 N–H and O–H groups in total. The van der Waals surface area contributed by atoms with Crippen molar-refractivity contribution in [2.24, 2.45) is 5.73 Å². The summed E-state index contributed by atoms with van der Waals surface area (Å²) in [7, 11) is 0. The first kappa shape index (κ1) is 14.3. The zero-order chi connectivity index (χ0) is 14.8. The van der Waals surface area contributed by atoms with Crippen LogP contribution in [0, 0.1) is 13.8 Å². The maximum Gasteiger partial charge on any atom is 0.129 e. The van der Waals surface area contributed by atoms with E-state index in [-0.39, 0.29) is 0 Å². The quantitative estimate of drug-likeness (QED) is 0.935. The van der Waals surface area contributed by atoms with Gasteiger partial charge in [0.15, 0.2) is 0 Å². The normalized spacial score (nSPS) is 16.6. The fourth-order valence-corrected chi connectivity index (χ4v) is 3.14. The smallest absolute Gasteiger partial charge is 0.129 e. The van der Waals surface area contributed by atoms with Gasteiger partial charge >= 0.3 is 0 Å². The van der Waals surface area contributed by atoms with Crippen molar-refractivity contribution in [3.05, 3.63) is 35.4 Å². The van der Waals surface area contributed by atoms with Crippen molar-refractivity contribution in [1.29, 1.82) is 0 Å². The molecular formula is C17H24N4. The molecular weight excluding hydrogens is 260 g/mol. The molecule has 4 nitrogen and oxygen atoms in total. The van der Waals surface area contributed by atoms with Crippen molar-refractivity contribution < 1.29 is 0 Å². The van der Waals surface area contributed by atoms with Crippen LogP contribution in [0.3, 0.4) is 0 Å². The van der Waals surface area contributed by atoms with Gasteiger partial charge in [0.1, 0.15) is 5.82 Å². The largest absolute Gasteiger partial charge is 0.354 e. The lowest BCUT2D eigenvalue weighted by Gasteiger charge is -2.35. The van der Waals surface area contributed by atoms with Crippen LogP contribution >= 0.6 is 0 Å². The number of piperazine rings is 1. The Morgan fingerprint density at radius 1 is 1.10 bits per heavy atom. The van der Waals surface area contributed by atoms with Crippen LogP contribution < -0.4 is 10.6 Å². The molecule has 1 saturated heterocycles. The standard InChI is InChI=1S/C17H24N4/c1-13-11-14(2)15-3-4-17(19-16(15)12-13)21-9-7-20(6-5-18)8-10-21/h3-4,11-12H,5-10,18H2,1-2H3. The molecule has 0 unspecified atom stereocenters. The minimum absolute atomic E-state index is 0.743. The van der Waals surface area contributed by atoms with E-state index < -0.39 is 0 Å². The molecule has 0 aliphatic carbocycles. The Bertz CT molecular complexity index is 630. The van der Waals surface area contributed by atoms with Crippen LogP contribution in [0.2, 0.25) is 0 Å². The van der Waals surface area contributed by atoms with Crippen LogP contribution in [0.4, 0.5) is 5.82 Å². The van der Waals surface area contributed by atoms with Crippen LogP contribution in [0.1, 0.15) is 11.1 Å². The van der Waals surface area contributed by atoms with E-state index in [1.165, 1.54) is 16.5 Å². The lowest BCUT2D eigenvalue weighted by atomic mass is 10.1. The first-order valence-electron chi connectivity index (χ1n) is 7.73. The first-order valence-corrected chi connectivity index (χ1v) is 7.73. The molecule has 4 heteroatoms. The summed E-state index contributed by atoms with van der Waals surface area (Å²) >= 11 is 0. The van der Waals surface area contributed by atoms with Crippen LogP contribution in [-0.2, 0) is 0 Å². The van der Waals surface area contributed by atoms with Gasteiger partial charge in [0.05, 0.1) is 5.52 Å². The molecule has 1 fully saturated rings. The number of rotatable bonds is 3. The number of aryl methyl sites for hydroxylation is 2. The topological polar surface area (TPSA) is 45.4 Å². The van der Waals surface area contributed by atoms with Gasteiger partial charge in [0.2, 0.25) is 0 Å². The van der Waals surface area contributed by atoms with Gasteiger partial charge in [-0.2, -0.15) is 0 Å². The van der Waals surface area contributed by atoms with E-state index >= 15 is 0 Å². The summed E-state index contributed by atoms with van der Waals surface area (Å²) in [6.07, 6.45) is 0. The summed E-state index contributed by atoms with van der Waals surface area (Å²) in [6, 6.07) is 8.76. The Balaban J connectivity index is 1.82. The van der Waals surface area contributed by atoms with Crippen molar-refractivity contribution >= 4 is 16.7 Å². The van der Waals surface area contributed by atoms with Crippen molar-refractivity contribution in [2.45, 2.75) is 13.8 Å². The summed E-state index contributed by atoms with van der Waals surface area (Å²) in [6.45, 7) is 10.2. The lowest BCUT2D eigenvalue weighted by molar-refractivity contribution is 0.264. The third kappa shape index (κ3) is 3.01. The second-order valence-corrected chi connectivity index (χ2v) is 5.94. The van der Waals surface area contributed by atoms with E-state index in [0.717, 1.165) is 50.6 Å². The number of pyridine rings is 1. The first-order chi connectivity index (χ1) is 10.2. The van der Waals surface area contributed by atoms with Gasteiger partial charge in [0, 0.05) is 44.7 Å². The maximum atomic E-state index is 5.63. The van der Waals surface area contributed by atoms with Crippen molar-refractivity contribution in [1.82, 2.24) is 9.88 Å². The average molecular weight is 284 g/mol. The highest BCUT2D eigenvalue weighted by Crippen LogP contribution is 2.23. The minimum atomic E-state index is 0.743. The van der Waals surface area contributed by atoms with Crippen LogP contribution in [0.25, 0.3) is 10.9 Å². The van der Waals surface area contributed by atoms with Crippen LogP contribution in [0.5, 0.6) is 0 Å². The fraction of sp³-hybridized carbons (Fsp3) is 0.471. The highest BCUT2D eigenvalue weighted by atomic mass is 15.3. The zero-order valence-corrected chi connectivity index (χ0v) is 13.0. The van der Waals surface area contributed by atoms with E-state index in [2.05, 4.69) is 47.9 Å². The van der Waals surface area contributed by atoms with Gasteiger partial charge in [-0.1, -0.05) is 6.07 Å². The molecule has 1 aliphatic heterocycles. The Kier molecular flexibility index (Phi) is 4.08. The number of aromatic nitrogens is 1. The van der Waals surface area contributed by atoms with E-state index in [4.69, 9.17) is 10.7 Å². The Labute approximate surface area is 126 Å². The SMILES string of the molecule is Cc1cc(C)c2ccc(N3CCN(CCN)CC3)nc2c1. The molecule has 3 rings (SSSR count). The predicted octanol–water partition coefficient (Wildman–Crippen LogP) is 1.93. The number of anilines is 1. The van der Waals surface area contributed by atoms with Crippen LogP contribution in [0.15, 0.2) is 24.3 Å². The van der Waals surface area contributed by atoms with Crippen molar-refractivity contribution in [2.75, 3.05) is 44.2 Å². The molecule has 0 radical (unpaired) electrons. The Morgan fingerprint density at radius 3 is 2.57 bits per heavy atom. The number of hydrogen-bond donors (Lipinski definition) is 1. The summed E-state index contributed by atoms with van der Waals surface area (Å²) in [5.74, 6) is 1.10. The van der Waals surface area contributed by atoms with Crippen molar-refractivity contribution in [3.63, 3.8) is 0 Å². The highest BCUT2D eigenvalue weighted by molar-refractivity contribution is 5.84. The van der Waals surface area contributed by atoms with Gasteiger partial charge in [-0.3, -0.25) is 4.90 Å². The maximum absolute atomic E-state index is 5.63. The summed E-state index contributed by atoms with van der Waals surface area (Å²) in [4.78, 5) is 9.68. The molecule has 1 aromatic heterocycles. The Morgan fingerprint density at radius 2 is 1.86 bits per heavy atom. The number of fused-ring (bicyclic) bond motifs is 1. The number of benzene rings is 1. The van der Waals surface area contributed by atoms with E-state index in [0.29, 0.717) is 0 Å². The number of nitrogens with zero attached hydrogens (tertiary/aromatic N) is 3. The van der Waals surface area contributed by atoms with E-state index in [1.807, 2.05) is 0 Å².